The summed E-state index contributed by atoms with van der Waals surface area (Å²) in [5, 5.41) is 6.30. The van der Waals surface area contributed by atoms with Crippen molar-refractivity contribution in [2.24, 2.45) is 0 Å². The van der Waals surface area contributed by atoms with Crippen molar-refractivity contribution in [2.45, 2.75) is 19.4 Å². The number of hydrogen-bond donors (Lipinski definition) is 2. The van der Waals surface area contributed by atoms with Gasteiger partial charge in [-0.3, -0.25) is 4.79 Å². The topological polar surface area (TPSA) is 101 Å². The van der Waals surface area contributed by atoms with Gasteiger partial charge in [-0.25, -0.2) is 18.4 Å². The first-order valence-corrected chi connectivity index (χ1v) is 9.91. The fourth-order valence-corrected chi connectivity index (χ4v) is 4.47. The Morgan fingerprint density at radius 1 is 1.28 bits per heavy atom. The third-order valence-electron chi connectivity index (χ3n) is 3.77. The minimum absolute atomic E-state index is 0.0342. The largest absolute Gasteiger partial charge is 0.347 e. The highest BCUT2D eigenvalue weighted by atomic mass is 35.5. The van der Waals surface area contributed by atoms with Gasteiger partial charge >= 0.3 is 0 Å². The molecule has 1 fully saturated rings. The molecule has 1 atom stereocenters. The first-order valence-electron chi connectivity index (χ1n) is 7.71. The minimum atomic E-state index is -3.06. The summed E-state index contributed by atoms with van der Waals surface area (Å²) in [5.74, 6) is 0.494. The highest BCUT2D eigenvalue weighted by Gasteiger charge is 2.29. The van der Waals surface area contributed by atoms with Gasteiger partial charge in [0.25, 0.3) is 5.91 Å². The number of aryl methyl sites for hydroxylation is 1. The van der Waals surface area contributed by atoms with Crippen LogP contribution in [0.5, 0.6) is 0 Å². The van der Waals surface area contributed by atoms with E-state index in [4.69, 9.17) is 11.6 Å². The number of nitrogens with one attached hydrogen (secondary N) is 2. The zero-order valence-corrected chi connectivity index (χ0v) is 15.1. The Bertz CT molecular complexity index is 917. The van der Waals surface area contributed by atoms with E-state index >= 15 is 0 Å². The Labute approximate surface area is 150 Å². The molecule has 0 radical (unpaired) electrons. The SMILES string of the molecule is Cc1nc(Nc2ccccc2Cl)cc(C(=O)NC2CCS(=O)(=O)C2)n1. The molecule has 1 aromatic carbocycles. The molecular weight excluding hydrogens is 364 g/mol. The number of sulfone groups is 1. The Balaban J connectivity index is 1.77. The number of benzene rings is 1. The van der Waals surface area contributed by atoms with Crippen LogP contribution in [0, 0.1) is 6.92 Å². The van der Waals surface area contributed by atoms with E-state index in [2.05, 4.69) is 20.6 Å². The zero-order valence-electron chi connectivity index (χ0n) is 13.5. The number of carbonyl (C=O) groups is 1. The lowest BCUT2D eigenvalue weighted by atomic mass is 10.2. The lowest BCUT2D eigenvalue weighted by Crippen LogP contribution is -2.36. The second-order valence-corrected chi connectivity index (χ2v) is 8.50. The maximum atomic E-state index is 12.4. The highest BCUT2D eigenvalue weighted by molar-refractivity contribution is 7.91. The Kier molecular flexibility index (Phi) is 4.91. The molecule has 1 aliphatic heterocycles. The number of amides is 1. The van der Waals surface area contributed by atoms with Crippen LogP contribution < -0.4 is 10.6 Å². The smallest absolute Gasteiger partial charge is 0.270 e. The van der Waals surface area contributed by atoms with Crippen LogP contribution in [-0.4, -0.2) is 41.8 Å². The second-order valence-electron chi connectivity index (χ2n) is 5.86. The zero-order chi connectivity index (χ0) is 18.0. The van der Waals surface area contributed by atoms with Crippen LogP contribution in [0.15, 0.2) is 30.3 Å². The van der Waals surface area contributed by atoms with E-state index in [1.54, 1.807) is 19.1 Å². The summed E-state index contributed by atoms with van der Waals surface area (Å²) in [5.41, 5.74) is 0.835. The van der Waals surface area contributed by atoms with Gasteiger partial charge in [-0.15, -0.1) is 0 Å². The molecule has 0 saturated carbocycles. The summed E-state index contributed by atoms with van der Waals surface area (Å²) < 4.78 is 23.0. The fraction of sp³-hybridized carbons (Fsp3) is 0.312. The molecule has 132 valence electrons. The normalized spacial score (nSPS) is 18.7. The van der Waals surface area contributed by atoms with Crippen LogP contribution in [-0.2, 0) is 9.84 Å². The van der Waals surface area contributed by atoms with Gasteiger partial charge in [-0.2, -0.15) is 0 Å². The number of nitrogens with zero attached hydrogens (tertiary/aromatic N) is 2. The monoisotopic (exact) mass is 380 g/mol. The summed E-state index contributed by atoms with van der Waals surface area (Å²) in [6.45, 7) is 1.68. The minimum Gasteiger partial charge on any atom is -0.347 e. The van der Waals surface area contributed by atoms with Gasteiger partial charge in [0, 0.05) is 12.1 Å². The number of para-hydroxylation sites is 1. The summed E-state index contributed by atoms with van der Waals surface area (Å²) in [6, 6.07) is 8.31. The molecule has 1 aliphatic rings. The molecule has 1 unspecified atom stereocenters. The van der Waals surface area contributed by atoms with Crippen molar-refractivity contribution in [3.8, 4) is 0 Å². The number of rotatable bonds is 4. The van der Waals surface area contributed by atoms with Crippen molar-refractivity contribution in [1.29, 1.82) is 0 Å². The number of anilines is 2. The van der Waals surface area contributed by atoms with E-state index in [0.717, 1.165) is 0 Å². The van der Waals surface area contributed by atoms with Crippen molar-refractivity contribution >= 4 is 38.9 Å². The van der Waals surface area contributed by atoms with Crippen LogP contribution in [0.1, 0.15) is 22.7 Å². The van der Waals surface area contributed by atoms with Crippen molar-refractivity contribution in [2.75, 3.05) is 16.8 Å². The number of halogens is 1. The van der Waals surface area contributed by atoms with Crippen LogP contribution in [0.3, 0.4) is 0 Å². The molecule has 0 spiro atoms. The molecule has 1 saturated heterocycles. The highest BCUT2D eigenvalue weighted by Crippen LogP contribution is 2.24. The Morgan fingerprint density at radius 3 is 2.72 bits per heavy atom. The fourth-order valence-electron chi connectivity index (χ4n) is 2.62. The quantitative estimate of drug-likeness (QED) is 0.842. The van der Waals surface area contributed by atoms with Gasteiger partial charge in [0.05, 0.1) is 22.2 Å². The Hall–Kier alpha value is -2.19. The number of aromatic nitrogens is 2. The van der Waals surface area contributed by atoms with Crippen molar-refractivity contribution in [3.63, 3.8) is 0 Å². The average molecular weight is 381 g/mol. The molecule has 7 nitrogen and oxygen atoms in total. The first-order chi connectivity index (χ1) is 11.8. The van der Waals surface area contributed by atoms with Gasteiger partial charge < -0.3 is 10.6 Å². The average Bonchev–Trinajstić information content (AvgIpc) is 2.88. The third kappa shape index (κ3) is 4.46. The van der Waals surface area contributed by atoms with E-state index < -0.39 is 15.7 Å². The van der Waals surface area contributed by atoms with Gasteiger partial charge in [0.1, 0.15) is 17.3 Å². The first kappa shape index (κ1) is 17.6. The number of hydrogen-bond acceptors (Lipinski definition) is 6. The molecule has 0 aliphatic carbocycles. The molecule has 1 amide bonds. The van der Waals surface area contributed by atoms with E-state index in [9.17, 15) is 13.2 Å². The third-order valence-corrected chi connectivity index (χ3v) is 5.87. The molecule has 1 aromatic heterocycles. The lowest BCUT2D eigenvalue weighted by Gasteiger charge is -2.12. The molecular formula is C16H17ClN4O3S. The second kappa shape index (κ2) is 6.97. The molecule has 0 bridgehead atoms. The van der Waals surface area contributed by atoms with E-state index in [0.29, 0.717) is 28.8 Å². The molecule has 2 N–H and O–H groups in total. The van der Waals surface area contributed by atoms with E-state index in [1.807, 2.05) is 12.1 Å². The van der Waals surface area contributed by atoms with Gasteiger partial charge in [0.15, 0.2) is 9.84 Å². The standard InChI is InChI=1S/C16H17ClN4O3S/c1-10-18-14(16(22)20-11-6-7-25(23,24)9-11)8-15(19-10)21-13-5-3-2-4-12(13)17/h2-5,8,11H,6-7,9H2,1H3,(H,20,22)(H,18,19,21). The molecule has 3 rings (SSSR count). The molecule has 2 aromatic rings. The predicted molar refractivity (Wildman–Crippen MR) is 96.0 cm³/mol. The van der Waals surface area contributed by atoms with Crippen LogP contribution in [0.4, 0.5) is 11.5 Å². The molecule has 9 heteroatoms. The maximum absolute atomic E-state index is 12.4. The van der Waals surface area contributed by atoms with Crippen molar-refractivity contribution < 1.29 is 13.2 Å². The van der Waals surface area contributed by atoms with Gasteiger partial charge in [-0.05, 0) is 25.5 Å². The predicted octanol–water partition coefficient (Wildman–Crippen LogP) is 2.10. The van der Waals surface area contributed by atoms with Crippen LogP contribution in [0.25, 0.3) is 0 Å². The van der Waals surface area contributed by atoms with Crippen molar-refractivity contribution in [1.82, 2.24) is 15.3 Å². The van der Waals surface area contributed by atoms with Crippen LogP contribution in [0.2, 0.25) is 5.02 Å². The summed E-state index contributed by atoms with van der Waals surface area (Å²) >= 11 is 6.11. The van der Waals surface area contributed by atoms with Gasteiger partial charge in [-0.1, -0.05) is 23.7 Å². The molecule has 25 heavy (non-hydrogen) atoms. The van der Waals surface area contributed by atoms with E-state index in [1.165, 1.54) is 6.07 Å². The molecule has 2 heterocycles. The van der Waals surface area contributed by atoms with Gasteiger partial charge in [0.2, 0.25) is 0 Å². The van der Waals surface area contributed by atoms with E-state index in [-0.39, 0.29) is 23.2 Å². The lowest BCUT2D eigenvalue weighted by molar-refractivity contribution is 0.0935. The summed E-state index contributed by atoms with van der Waals surface area (Å²) in [4.78, 5) is 20.8. The summed E-state index contributed by atoms with van der Waals surface area (Å²) in [6.07, 6.45) is 0.420. The number of carbonyl (C=O) groups excluding carboxylic acids is 1. The maximum Gasteiger partial charge on any atom is 0.270 e. The summed E-state index contributed by atoms with van der Waals surface area (Å²) in [7, 11) is -3.06. The Morgan fingerprint density at radius 2 is 2.04 bits per heavy atom. The van der Waals surface area contributed by atoms with Crippen molar-refractivity contribution in [3.05, 3.63) is 46.9 Å². The van der Waals surface area contributed by atoms with Crippen LogP contribution >= 0.6 is 11.6 Å².